The van der Waals surface area contributed by atoms with E-state index < -0.39 is 0 Å². The number of nitrogens with zero attached hydrogens (tertiary/aromatic N) is 2. The standard InChI is InChI=1S/2C9H14N.Mn/c2*1-10(2)8-7-9-5-3-4-6-9;/h2*3-6H,7-8H2,1-2H3;/q2*-1;. The van der Waals surface area contributed by atoms with Crippen LogP contribution in [0.15, 0.2) is 48.5 Å². The largest absolute Gasteiger partial charge is 0.310 e. The van der Waals surface area contributed by atoms with E-state index in [1.54, 1.807) is 0 Å². The Kier molecular flexibility index (Phi) is 11.3. The van der Waals surface area contributed by atoms with Gasteiger partial charge in [-0.3, -0.25) is 0 Å². The Morgan fingerprint density at radius 1 is 0.619 bits per heavy atom. The van der Waals surface area contributed by atoms with Crippen LogP contribution in [0.4, 0.5) is 0 Å². The average molecular weight is 327 g/mol. The van der Waals surface area contributed by atoms with Crippen LogP contribution < -0.4 is 0 Å². The smallest absolute Gasteiger partial charge is 0 e. The van der Waals surface area contributed by atoms with E-state index >= 15 is 0 Å². The van der Waals surface area contributed by atoms with Crippen molar-refractivity contribution in [3.05, 3.63) is 59.7 Å². The zero-order valence-electron chi connectivity index (χ0n) is 13.7. The predicted octanol–water partition coefficient (Wildman–Crippen LogP) is 3.02. The summed E-state index contributed by atoms with van der Waals surface area (Å²) in [4.78, 5) is 4.40. The average Bonchev–Trinajstić information content (AvgIpc) is 3.08. The van der Waals surface area contributed by atoms with Crippen LogP contribution in [-0.4, -0.2) is 51.1 Å². The van der Waals surface area contributed by atoms with E-state index in [0.29, 0.717) is 0 Å². The molecule has 21 heavy (non-hydrogen) atoms. The van der Waals surface area contributed by atoms with Gasteiger partial charge in [-0.15, -0.1) is 0 Å². The van der Waals surface area contributed by atoms with Gasteiger partial charge in [-0.05, 0) is 41.3 Å². The summed E-state index contributed by atoms with van der Waals surface area (Å²) in [6, 6.07) is 17.0. The molecule has 2 rings (SSSR count). The molecule has 0 unspecified atom stereocenters. The third kappa shape index (κ3) is 10.5. The molecule has 0 aliphatic rings. The van der Waals surface area contributed by atoms with Gasteiger partial charge in [0.15, 0.2) is 0 Å². The van der Waals surface area contributed by atoms with E-state index in [4.69, 9.17) is 0 Å². The van der Waals surface area contributed by atoms with E-state index in [0.717, 1.165) is 13.1 Å². The van der Waals surface area contributed by atoms with Crippen LogP contribution in [-0.2, 0) is 29.9 Å². The number of hydrogen-bond donors (Lipinski definition) is 0. The minimum absolute atomic E-state index is 0. The van der Waals surface area contributed by atoms with Crippen LogP contribution in [0.5, 0.6) is 0 Å². The van der Waals surface area contributed by atoms with Gasteiger partial charge in [0.1, 0.15) is 0 Å². The van der Waals surface area contributed by atoms with Crippen LogP contribution in [0.2, 0.25) is 0 Å². The van der Waals surface area contributed by atoms with Crippen LogP contribution in [0.3, 0.4) is 0 Å². The molecule has 0 bridgehead atoms. The minimum Gasteiger partial charge on any atom is -0.310 e. The molecule has 0 N–H and O–H groups in total. The SMILES string of the molecule is CN(C)CC[c-]1cccc1.CN(C)CC[c-]1cccc1.[Mn]. The van der Waals surface area contributed by atoms with Gasteiger partial charge in [0.25, 0.3) is 0 Å². The first kappa shape index (κ1) is 20.1. The maximum atomic E-state index is 2.20. The van der Waals surface area contributed by atoms with Crippen LogP contribution >= 0.6 is 0 Å². The van der Waals surface area contributed by atoms with Crippen LogP contribution in [0.1, 0.15) is 11.1 Å². The van der Waals surface area contributed by atoms with E-state index in [1.165, 1.54) is 24.0 Å². The molecule has 0 fully saturated rings. The summed E-state index contributed by atoms with van der Waals surface area (Å²) < 4.78 is 0. The number of likely N-dealkylation sites (N-methyl/N-ethyl adjacent to an activating group) is 2. The quantitative estimate of drug-likeness (QED) is 0.594. The Morgan fingerprint density at radius 2 is 0.905 bits per heavy atom. The fourth-order valence-corrected chi connectivity index (χ4v) is 1.87. The molecule has 1 radical (unpaired) electrons. The Bertz CT molecular complexity index is 374. The molecule has 119 valence electrons. The molecule has 0 heterocycles. The first-order valence-electron chi connectivity index (χ1n) is 7.28. The van der Waals surface area contributed by atoms with Crippen molar-refractivity contribution in [2.45, 2.75) is 12.8 Å². The predicted molar refractivity (Wildman–Crippen MR) is 88.6 cm³/mol. The van der Waals surface area contributed by atoms with Gasteiger partial charge in [0.2, 0.25) is 0 Å². The van der Waals surface area contributed by atoms with Gasteiger partial charge in [-0.2, -0.15) is 35.4 Å². The molecule has 2 aromatic carbocycles. The topological polar surface area (TPSA) is 6.48 Å². The van der Waals surface area contributed by atoms with Crippen molar-refractivity contribution in [3.8, 4) is 0 Å². The summed E-state index contributed by atoms with van der Waals surface area (Å²) in [7, 11) is 8.40. The molecule has 0 saturated carbocycles. The maximum absolute atomic E-state index is 2.20. The zero-order valence-corrected chi connectivity index (χ0v) is 14.9. The monoisotopic (exact) mass is 327 g/mol. The molecule has 3 heteroatoms. The van der Waals surface area contributed by atoms with Crippen molar-refractivity contribution in [3.63, 3.8) is 0 Å². The van der Waals surface area contributed by atoms with E-state index in [2.05, 4.69) is 86.5 Å². The Balaban J connectivity index is 0.000000364. The normalized spacial score (nSPS) is 10.2. The second kappa shape index (κ2) is 11.8. The molecule has 0 aliphatic heterocycles. The molecule has 0 saturated heterocycles. The van der Waals surface area contributed by atoms with Crippen molar-refractivity contribution < 1.29 is 17.1 Å². The second-order valence-electron chi connectivity index (χ2n) is 5.69. The molecule has 0 amide bonds. The summed E-state index contributed by atoms with van der Waals surface area (Å²) in [5.41, 5.74) is 2.88. The maximum Gasteiger partial charge on any atom is 0 e. The Morgan fingerprint density at radius 3 is 1.14 bits per heavy atom. The third-order valence-electron chi connectivity index (χ3n) is 3.16. The van der Waals surface area contributed by atoms with E-state index in [-0.39, 0.29) is 17.1 Å². The molecular weight excluding hydrogens is 299 g/mol. The van der Waals surface area contributed by atoms with Crippen molar-refractivity contribution in [1.82, 2.24) is 9.80 Å². The molecule has 2 nitrogen and oxygen atoms in total. The van der Waals surface area contributed by atoms with Gasteiger partial charge in [0, 0.05) is 17.1 Å². The van der Waals surface area contributed by atoms with Gasteiger partial charge >= 0.3 is 0 Å². The van der Waals surface area contributed by atoms with Gasteiger partial charge in [-0.1, -0.05) is 12.8 Å². The molecule has 0 aliphatic carbocycles. The fraction of sp³-hybridized carbons (Fsp3) is 0.444. The first-order valence-corrected chi connectivity index (χ1v) is 7.28. The summed E-state index contributed by atoms with van der Waals surface area (Å²) in [6.07, 6.45) is 2.33. The fourth-order valence-electron chi connectivity index (χ4n) is 1.87. The number of hydrogen-bond acceptors (Lipinski definition) is 2. The molecule has 0 aromatic heterocycles. The summed E-state index contributed by atoms with van der Waals surface area (Å²) in [5.74, 6) is 0. The van der Waals surface area contributed by atoms with Crippen LogP contribution in [0.25, 0.3) is 0 Å². The number of rotatable bonds is 6. The van der Waals surface area contributed by atoms with Gasteiger partial charge < -0.3 is 9.80 Å². The first-order chi connectivity index (χ1) is 9.58. The van der Waals surface area contributed by atoms with Gasteiger partial charge in [0.05, 0.1) is 0 Å². The van der Waals surface area contributed by atoms with Crippen LogP contribution in [0, 0.1) is 0 Å². The summed E-state index contributed by atoms with van der Waals surface area (Å²) in [6.45, 7) is 2.29. The molecule has 0 spiro atoms. The second-order valence-corrected chi connectivity index (χ2v) is 5.69. The zero-order chi connectivity index (χ0) is 14.8. The van der Waals surface area contributed by atoms with Crippen molar-refractivity contribution in [1.29, 1.82) is 0 Å². The molecular formula is C18H28MnN2-2. The Hall–Kier alpha value is -0.861. The third-order valence-corrected chi connectivity index (χ3v) is 3.16. The van der Waals surface area contributed by atoms with E-state index in [1.807, 2.05) is 0 Å². The molecule has 2 aromatic rings. The van der Waals surface area contributed by atoms with Crippen molar-refractivity contribution in [2.75, 3.05) is 41.3 Å². The summed E-state index contributed by atoms with van der Waals surface area (Å²) in [5, 5.41) is 0. The summed E-state index contributed by atoms with van der Waals surface area (Å²) >= 11 is 0. The molecule has 0 atom stereocenters. The van der Waals surface area contributed by atoms with E-state index in [9.17, 15) is 0 Å². The van der Waals surface area contributed by atoms with Gasteiger partial charge in [-0.25, -0.2) is 24.3 Å². The van der Waals surface area contributed by atoms with Crippen molar-refractivity contribution in [2.24, 2.45) is 0 Å². The Labute approximate surface area is 141 Å². The van der Waals surface area contributed by atoms with Crippen molar-refractivity contribution >= 4 is 0 Å². The minimum atomic E-state index is 0.